The number of benzene rings is 2. The van der Waals surface area contributed by atoms with Gasteiger partial charge in [0.05, 0.1) is 23.5 Å². The van der Waals surface area contributed by atoms with E-state index in [9.17, 15) is 13.2 Å². The molecule has 5 rings (SSSR count). The number of nitrogens with one attached hydrogen (secondary N) is 2. The minimum Gasteiger partial charge on any atom is -0.467 e. The lowest BCUT2D eigenvalue weighted by Gasteiger charge is -2.10. The van der Waals surface area contributed by atoms with Gasteiger partial charge in [-0.15, -0.1) is 10.2 Å². The van der Waals surface area contributed by atoms with E-state index in [4.69, 9.17) is 16.0 Å². The number of hydrogen-bond donors (Lipinski definition) is 2. The molecule has 0 aliphatic heterocycles. The van der Waals surface area contributed by atoms with Gasteiger partial charge in [-0.3, -0.25) is 14.1 Å². The van der Waals surface area contributed by atoms with Crippen molar-refractivity contribution in [1.29, 1.82) is 0 Å². The van der Waals surface area contributed by atoms with Crippen LogP contribution in [0.5, 0.6) is 0 Å². The number of furan rings is 1. The van der Waals surface area contributed by atoms with Gasteiger partial charge in [0.25, 0.3) is 10.0 Å². The van der Waals surface area contributed by atoms with Gasteiger partial charge >= 0.3 is 0 Å². The van der Waals surface area contributed by atoms with Crippen LogP contribution in [-0.2, 0) is 21.4 Å². The zero-order valence-electron chi connectivity index (χ0n) is 21.9. The van der Waals surface area contributed by atoms with E-state index in [1.54, 1.807) is 44.4 Å². The maximum atomic E-state index is 12.8. The Morgan fingerprint density at radius 2 is 1.78 bits per heavy atom. The van der Waals surface area contributed by atoms with Crippen LogP contribution in [-0.4, -0.2) is 44.8 Å². The summed E-state index contributed by atoms with van der Waals surface area (Å²) >= 11 is 7.26. The summed E-state index contributed by atoms with van der Waals surface area (Å²) in [6.45, 7) is 3.81. The third-order valence-corrected chi connectivity index (χ3v) is 8.29. The molecule has 0 fully saturated rings. The van der Waals surface area contributed by atoms with Gasteiger partial charge in [-0.05, 0) is 74.5 Å². The Hall–Kier alpha value is -4.20. The van der Waals surface area contributed by atoms with E-state index < -0.39 is 10.0 Å². The molecule has 0 spiro atoms. The molecule has 0 radical (unpaired) electrons. The van der Waals surface area contributed by atoms with Crippen LogP contribution in [0.25, 0.3) is 11.4 Å². The standard InChI is InChI=1S/C27H24ClN7O4S2/c1-17-14-24(30-18(2)29-17)34-41(37,38)23-11-9-21(10-12-23)31-25(36)16-40-27-33-32-26(19-5-7-20(28)8-6-19)35(27)15-22-4-3-13-39-22/h3-14H,15-16H2,1-2H3,(H,31,36)(H,29,30,34). The number of thioether (sulfide) groups is 1. The van der Waals surface area contributed by atoms with E-state index in [1.807, 2.05) is 22.8 Å². The van der Waals surface area contributed by atoms with E-state index in [0.717, 1.165) is 5.56 Å². The fourth-order valence-electron chi connectivity index (χ4n) is 3.92. The summed E-state index contributed by atoms with van der Waals surface area (Å²) in [7, 11) is -3.88. The molecular formula is C27H24ClN7O4S2. The zero-order chi connectivity index (χ0) is 29.0. The summed E-state index contributed by atoms with van der Waals surface area (Å²) in [5.74, 6) is 1.71. The maximum absolute atomic E-state index is 12.8. The number of amides is 1. The van der Waals surface area contributed by atoms with Crippen LogP contribution in [0.3, 0.4) is 0 Å². The predicted octanol–water partition coefficient (Wildman–Crippen LogP) is 5.18. The molecule has 11 nitrogen and oxygen atoms in total. The lowest BCUT2D eigenvalue weighted by molar-refractivity contribution is -0.113. The molecule has 0 saturated heterocycles. The number of anilines is 2. The smallest absolute Gasteiger partial charge is 0.263 e. The van der Waals surface area contributed by atoms with Crippen molar-refractivity contribution in [2.24, 2.45) is 0 Å². The van der Waals surface area contributed by atoms with Crippen LogP contribution in [0, 0.1) is 13.8 Å². The molecule has 3 heterocycles. The molecule has 0 unspecified atom stereocenters. The van der Waals surface area contributed by atoms with Crippen LogP contribution in [0.2, 0.25) is 5.02 Å². The third kappa shape index (κ3) is 7.12. The van der Waals surface area contributed by atoms with Crippen LogP contribution in [0.4, 0.5) is 11.5 Å². The number of aryl methyl sites for hydroxylation is 2. The second kappa shape index (κ2) is 12.1. The van der Waals surface area contributed by atoms with Crippen LogP contribution in [0.15, 0.2) is 87.5 Å². The molecule has 0 atom stereocenters. The monoisotopic (exact) mass is 609 g/mol. The number of hydrogen-bond acceptors (Lipinski definition) is 9. The first-order chi connectivity index (χ1) is 19.7. The van der Waals surface area contributed by atoms with Gasteiger partial charge in [-0.2, -0.15) is 0 Å². The van der Waals surface area contributed by atoms with Gasteiger partial charge in [-0.1, -0.05) is 23.4 Å². The Bertz CT molecular complexity index is 1750. The number of rotatable bonds is 10. The molecule has 5 aromatic rings. The highest BCUT2D eigenvalue weighted by Crippen LogP contribution is 2.27. The minimum absolute atomic E-state index is 0.0274. The molecule has 2 N–H and O–H groups in total. The number of carbonyl (C=O) groups is 1. The van der Waals surface area contributed by atoms with Gasteiger partial charge in [-0.25, -0.2) is 18.4 Å². The van der Waals surface area contributed by atoms with Crippen molar-refractivity contribution in [3.8, 4) is 11.4 Å². The quantitative estimate of drug-likeness (QED) is 0.205. The van der Waals surface area contributed by atoms with Gasteiger partial charge in [0.1, 0.15) is 17.4 Å². The molecule has 1 amide bonds. The Morgan fingerprint density at radius 3 is 2.46 bits per heavy atom. The fourth-order valence-corrected chi connectivity index (χ4v) is 5.78. The second-order valence-electron chi connectivity index (χ2n) is 8.89. The van der Waals surface area contributed by atoms with Crippen molar-refractivity contribution < 1.29 is 17.6 Å². The second-order valence-corrected chi connectivity index (χ2v) is 11.9. The van der Waals surface area contributed by atoms with Crippen LogP contribution >= 0.6 is 23.4 Å². The van der Waals surface area contributed by atoms with Crippen molar-refractivity contribution >= 4 is 50.8 Å². The van der Waals surface area contributed by atoms with E-state index in [1.165, 1.54) is 36.0 Å². The lowest BCUT2D eigenvalue weighted by Crippen LogP contribution is -2.16. The van der Waals surface area contributed by atoms with Crippen molar-refractivity contribution in [3.63, 3.8) is 0 Å². The SMILES string of the molecule is Cc1cc(NS(=O)(=O)c2ccc(NC(=O)CSc3nnc(-c4ccc(Cl)cc4)n3Cc3ccco3)cc2)nc(C)n1. The molecule has 0 aliphatic carbocycles. The number of carbonyl (C=O) groups excluding carboxylic acids is 1. The Balaban J connectivity index is 1.24. The number of aromatic nitrogens is 5. The Labute approximate surface area is 245 Å². The van der Waals surface area contributed by atoms with Crippen LogP contribution < -0.4 is 10.0 Å². The van der Waals surface area contributed by atoms with Gasteiger partial charge < -0.3 is 9.73 Å². The van der Waals surface area contributed by atoms with Crippen molar-refractivity contribution in [2.75, 3.05) is 15.8 Å². The Kier molecular flexibility index (Phi) is 8.38. The largest absolute Gasteiger partial charge is 0.467 e. The first-order valence-corrected chi connectivity index (χ1v) is 15.1. The Morgan fingerprint density at radius 1 is 1.02 bits per heavy atom. The molecule has 41 heavy (non-hydrogen) atoms. The average Bonchev–Trinajstić information content (AvgIpc) is 3.58. The van der Waals surface area contributed by atoms with Crippen molar-refractivity contribution in [2.45, 2.75) is 30.4 Å². The molecule has 2 aromatic carbocycles. The highest BCUT2D eigenvalue weighted by Gasteiger charge is 2.18. The molecular weight excluding hydrogens is 586 g/mol. The van der Waals surface area contributed by atoms with E-state index in [-0.39, 0.29) is 22.4 Å². The molecule has 210 valence electrons. The number of nitrogens with zero attached hydrogens (tertiary/aromatic N) is 5. The fraction of sp³-hybridized carbons (Fsp3) is 0.148. The van der Waals surface area contributed by atoms with Crippen molar-refractivity contribution in [3.05, 3.63) is 95.3 Å². The predicted molar refractivity (Wildman–Crippen MR) is 156 cm³/mol. The molecule has 0 bridgehead atoms. The normalized spacial score (nSPS) is 11.4. The maximum Gasteiger partial charge on any atom is 0.263 e. The van der Waals surface area contributed by atoms with E-state index >= 15 is 0 Å². The number of sulfonamides is 1. The van der Waals surface area contributed by atoms with Gasteiger partial charge in [0.15, 0.2) is 11.0 Å². The zero-order valence-corrected chi connectivity index (χ0v) is 24.3. The molecule has 0 saturated carbocycles. The van der Waals surface area contributed by atoms with Gasteiger partial charge in [0.2, 0.25) is 5.91 Å². The summed E-state index contributed by atoms with van der Waals surface area (Å²) < 4.78 is 35.4. The first-order valence-electron chi connectivity index (χ1n) is 12.3. The third-order valence-electron chi connectivity index (χ3n) is 5.70. The van der Waals surface area contributed by atoms with Crippen molar-refractivity contribution in [1.82, 2.24) is 24.7 Å². The van der Waals surface area contributed by atoms with Gasteiger partial charge in [0, 0.05) is 28.0 Å². The molecule has 14 heteroatoms. The minimum atomic E-state index is -3.88. The highest BCUT2D eigenvalue weighted by atomic mass is 35.5. The summed E-state index contributed by atoms with van der Waals surface area (Å²) in [4.78, 5) is 21.0. The summed E-state index contributed by atoms with van der Waals surface area (Å²) in [5, 5.41) is 12.5. The first kappa shape index (κ1) is 28.3. The lowest BCUT2D eigenvalue weighted by atomic mass is 10.2. The summed E-state index contributed by atoms with van der Waals surface area (Å²) in [5.41, 5.74) is 1.91. The van der Waals surface area contributed by atoms with Crippen LogP contribution in [0.1, 0.15) is 17.3 Å². The summed E-state index contributed by atoms with van der Waals surface area (Å²) in [6.07, 6.45) is 1.59. The van der Waals surface area contributed by atoms with E-state index in [2.05, 4.69) is 30.2 Å². The highest BCUT2D eigenvalue weighted by molar-refractivity contribution is 7.99. The topological polar surface area (TPSA) is 145 Å². The van der Waals surface area contributed by atoms with E-state index in [0.29, 0.717) is 45.5 Å². The summed E-state index contributed by atoms with van der Waals surface area (Å²) in [6, 6.07) is 18.3. The molecule has 3 aromatic heterocycles. The average molecular weight is 610 g/mol. The molecule has 0 aliphatic rings. The number of halogens is 1.